The van der Waals surface area contributed by atoms with E-state index in [0.717, 1.165) is 102 Å². The lowest BCUT2D eigenvalue weighted by Gasteiger charge is -2.39. The number of carbonyl (C=O) groups is 3. The van der Waals surface area contributed by atoms with Crippen LogP contribution in [0.1, 0.15) is 88.4 Å². The number of alkyl carbamates (subject to hydrolysis) is 1. The summed E-state index contributed by atoms with van der Waals surface area (Å²) in [6.07, 6.45) is 9.43. The molecule has 5 aliphatic heterocycles. The summed E-state index contributed by atoms with van der Waals surface area (Å²) in [7, 11) is 1.30. The number of ether oxygens (including phenoxy) is 2. The highest BCUT2D eigenvalue weighted by molar-refractivity contribution is 6.22. The van der Waals surface area contributed by atoms with E-state index in [1.54, 1.807) is 4.90 Å². The molecule has 3 amide bonds. The lowest BCUT2D eigenvalue weighted by molar-refractivity contribution is -0.139. The molecule has 0 saturated carbocycles. The van der Waals surface area contributed by atoms with Gasteiger partial charge in [0.05, 0.1) is 32.1 Å². The minimum Gasteiger partial charge on any atom is -0.453 e. The first kappa shape index (κ1) is 45.6. The summed E-state index contributed by atoms with van der Waals surface area (Å²) < 4.78 is 10.5. The molecule has 1 aliphatic carbocycles. The number of nitrogens with two attached hydrogens (primary N) is 1. The highest BCUT2D eigenvalue weighted by Gasteiger charge is 2.52. The molecule has 4 aromatic rings. The van der Waals surface area contributed by atoms with E-state index >= 15 is 0 Å². The van der Waals surface area contributed by atoms with Crippen LogP contribution in [0.15, 0.2) is 124 Å². The first-order valence-corrected chi connectivity index (χ1v) is 24.5. The molecule has 12 heteroatoms. The molecular formula is C56H63N7O5. The van der Waals surface area contributed by atoms with Gasteiger partial charge < -0.3 is 30.3 Å². The Balaban J connectivity index is 0.805. The van der Waals surface area contributed by atoms with Gasteiger partial charge in [0.25, 0.3) is 0 Å². The van der Waals surface area contributed by atoms with Gasteiger partial charge in [0.1, 0.15) is 23.8 Å². The lowest BCUT2D eigenvalue weighted by atomic mass is 9.88. The van der Waals surface area contributed by atoms with Crippen LogP contribution in [0.25, 0.3) is 33.0 Å². The van der Waals surface area contributed by atoms with Gasteiger partial charge in [-0.05, 0) is 120 Å². The smallest absolute Gasteiger partial charge is 0.407 e. The van der Waals surface area contributed by atoms with Crippen LogP contribution < -0.4 is 11.1 Å². The van der Waals surface area contributed by atoms with E-state index in [2.05, 4.69) is 101 Å². The zero-order chi connectivity index (χ0) is 47.1. The molecular weight excluding hydrogens is 851 g/mol. The lowest BCUT2D eigenvalue weighted by Crippen LogP contribution is -2.62. The highest BCUT2D eigenvalue weighted by Crippen LogP contribution is 2.45. The number of allylic oxidation sites excluding steroid dienone is 3. The van der Waals surface area contributed by atoms with Crippen molar-refractivity contribution in [3.63, 3.8) is 0 Å². The normalized spacial score (nSPS) is 23.9. The average molecular weight is 914 g/mol. The van der Waals surface area contributed by atoms with Crippen molar-refractivity contribution in [3.05, 3.63) is 131 Å². The Morgan fingerprint density at radius 2 is 1.54 bits per heavy atom. The van der Waals surface area contributed by atoms with Crippen LogP contribution in [0.3, 0.4) is 0 Å². The molecule has 3 fully saturated rings. The number of methoxy groups -OCH3 is 1. The Bertz CT molecular complexity index is 2770. The Hall–Kier alpha value is -6.21. The van der Waals surface area contributed by atoms with Crippen molar-refractivity contribution < 1.29 is 23.9 Å². The first-order chi connectivity index (χ1) is 33.0. The number of carbonyl (C=O) groups excluding carboxylic acids is 3. The van der Waals surface area contributed by atoms with Crippen molar-refractivity contribution in [2.45, 2.75) is 95.5 Å². The summed E-state index contributed by atoms with van der Waals surface area (Å²) in [5, 5.41) is 5.10. The Kier molecular flexibility index (Phi) is 12.8. The van der Waals surface area contributed by atoms with Gasteiger partial charge in [-0.1, -0.05) is 104 Å². The number of benzene rings is 4. The van der Waals surface area contributed by atoms with Gasteiger partial charge in [0, 0.05) is 43.7 Å². The SMILES string of the molecule is COC(=O)NC(C(=O)N1CCCC1(N)C1=C(C)CC=C(c2ccc(-c3ccc4cc(C5=CN=C(C6CCCN6C(=O)C(c6ccccc6)N6CCOCC6)CC5)ccc4c3)cc2)C2N=C12)C(C)C. The summed E-state index contributed by atoms with van der Waals surface area (Å²) in [6, 6.07) is 31.2. The van der Waals surface area contributed by atoms with Gasteiger partial charge in [0.2, 0.25) is 11.8 Å². The molecule has 0 bridgehead atoms. The van der Waals surface area contributed by atoms with E-state index in [4.69, 9.17) is 25.2 Å². The maximum atomic E-state index is 14.4. The predicted molar refractivity (Wildman–Crippen MR) is 269 cm³/mol. The first-order valence-electron chi connectivity index (χ1n) is 24.5. The van der Waals surface area contributed by atoms with Gasteiger partial charge in [0.15, 0.2) is 0 Å². The summed E-state index contributed by atoms with van der Waals surface area (Å²) in [5.74, 6) is -0.169. The van der Waals surface area contributed by atoms with Crippen molar-refractivity contribution >= 4 is 51.2 Å². The summed E-state index contributed by atoms with van der Waals surface area (Å²) in [5.41, 5.74) is 18.4. The zero-order valence-electron chi connectivity index (χ0n) is 39.7. The monoisotopic (exact) mass is 913 g/mol. The molecule has 12 nitrogen and oxygen atoms in total. The maximum Gasteiger partial charge on any atom is 0.407 e. The van der Waals surface area contributed by atoms with Crippen LogP contribution in [0.5, 0.6) is 0 Å². The second kappa shape index (κ2) is 19.1. The second-order valence-corrected chi connectivity index (χ2v) is 19.6. The predicted octanol–water partition coefficient (Wildman–Crippen LogP) is 8.73. The number of hydrogen-bond acceptors (Lipinski definition) is 9. The second-order valence-electron chi connectivity index (χ2n) is 19.6. The maximum absolute atomic E-state index is 14.4. The molecule has 3 N–H and O–H groups in total. The van der Waals surface area contributed by atoms with Crippen molar-refractivity contribution in [3.8, 4) is 11.1 Å². The molecule has 3 saturated heterocycles. The molecule has 10 rings (SSSR count). The number of nitrogens with one attached hydrogen (secondary N) is 1. The molecule has 6 aliphatic rings. The van der Waals surface area contributed by atoms with E-state index in [1.165, 1.54) is 29.0 Å². The number of nitrogens with zero attached hydrogens (tertiary/aromatic N) is 5. The molecule has 5 heterocycles. The molecule has 5 atom stereocenters. The molecule has 352 valence electrons. The van der Waals surface area contributed by atoms with Gasteiger partial charge in [-0.25, -0.2) is 4.79 Å². The van der Waals surface area contributed by atoms with Crippen LogP contribution in [-0.4, -0.2) is 114 Å². The Labute approximate surface area is 399 Å². The third-order valence-corrected chi connectivity index (χ3v) is 15.1. The molecule has 4 aromatic carbocycles. The van der Waals surface area contributed by atoms with Crippen molar-refractivity contribution in [2.75, 3.05) is 46.5 Å². The van der Waals surface area contributed by atoms with Crippen LogP contribution in [-0.2, 0) is 19.1 Å². The van der Waals surface area contributed by atoms with E-state index in [-0.39, 0.29) is 35.9 Å². The minimum atomic E-state index is -1.01. The van der Waals surface area contributed by atoms with E-state index < -0.39 is 17.8 Å². The molecule has 0 radical (unpaired) electrons. The van der Waals surface area contributed by atoms with E-state index in [0.29, 0.717) is 32.6 Å². The van der Waals surface area contributed by atoms with Crippen molar-refractivity contribution in [1.82, 2.24) is 20.0 Å². The molecule has 0 spiro atoms. The van der Waals surface area contributed by atoms with Crippen LogP contribution in [0.2, 0.25) is 0 Å². The van der Waals surface area contributed by atoms with Crippen LogP contribution in [0.4, 0.5) is 4.79 Å². The van der Waals surface area contributed by atoms with Crippen molar-refractivity contribution in [2.24, 2.45) is 21.6 Å². The highest BCUT2D eigenvalue weighted by atomic mass is 16.5. The van der Waals surface area contributed by atoms with Crippen molar-refractivity contribution in [1.29, 1.82) is 0 Å². The van der Waals surface area contributed by atoms with Crippen LogP contribution >= 0.6 is 0 Å². The third kappa shape index (κ3) is 8.74. The van der Waals surface area contributed by atoms with Crippen LogP contribution in [0, 0.1) is 5.92 Å². The molecule has 0 aromatic heterocycles. The summed E-state index contributed by atoms with van der Waals surface area (Å²) in [6.45, 7) is 9.98. The quantitative estimate of drug-likeness (QED) is 0.153. The number of hydrogen-bond donors (Lipinski definition) is 2. The number of amides is 3. The molecule has 5 unspecified atom stereocenters. The standard InChI is InChI=1S/C56H63N7O5/c1-35(2)49(60-55(66)67-4)53(64)63-27-9-25-56(63,57)48-36(3)13-23-45(50-51(48)59-50)38-16-14-37(15-17-38)40-18-19-42-33-43(21-20-41(42)32-40)44-22-24-46(58-34-44)47-12-8-26-62(47)54(65)52(39-10-6-5-7-11-39)61-28-30-68-31-29-61/h5-7,10-11,14-21,23,32-35,47,49-50,52H,8-9,12-13,22,24-31,57H2,1-4H3,(H,60,66). The topological polar surface area (TPSA) is 142 Å². The number of aliphatic imine (C=N–C) groups is 2. The van der Waals surface area contributed by atoms with E-state index in [1.807, 2.05) is 38.2 Å². The minimum absolute atomic E-state index is 0.0299. The largest absolute Gasteiger partial charge is 0.453 e. The molecule has 68 heavy (non-hydrogen) atoms. The number of likely N-dealkylation sites (tertiary alicyclic amines) is 2. The van der Waals surface area contributed by atoms with Gasteiger partial charge in [-0.15, -0.1) is 0 Å². The van der Waals surface area contributed by atoms with Gasteiger partial charge >= 0.3 is 6.09 Å². The average Bonchev–Trinajstić information content (AvgIpc) is 3.80. The fourth-order valence-electron chi connectivity index (χ4n) is 11.4. The van der Waals surface area contributed by atoms with E-state index in [9.17, 15) is 14.4 Å². The number of fused-ring (bicyclic) bond motifs is 2. The summed E-state index contributed by atoms with van der Waals surface area (Å²) >= 11 is 0. The number of rotatable bonds is 11. The zero-order valence-corrected chi connectivity index (χ0v) is 39.7. The fourth-order valence-corrected chi connectivity index (χ4v) is 11.4. The Morgan fingerprint density at radius 3 is 2.25 bits per heavy atom. The number of morpholine rings is 1. The Morgan fingerprint density at radius 1 is 0.838 bits per heavy atom. The van der Waals surface area contributed by atoms with Gasteiger partial charge in [-0.3, -0.25) is 24.5 Å². The third-order valence-electron chi connectivity index (χ3n) is 15.1. The summed E-state index contributed by atoms with van der Waals surface area (Å²) in [4.78, 5) is 56.9. The van der Waals surface area contributed by atoms with Gasteiger partial charge in [-0.2, -0.15) is 0 Å². The fraction of sp³-hybridized carbons (Fsp3) is 0.411.